The van der Waals surface area contributed by atoms with Gasteiger partial charge in [0.15, 0.2) is 0 Å². The average Bonchev–Trinajstić information content (AvgIpc) is 3.30. The molecule has 1 spiro atoms. The lowest BCUT2D eigenvalue weighted by Crippen LogP contribution is -2.46. The summed E-state index contributed by atoms with van der Waals surface area (Å²) in [6.45, 7) is 6.47. The molecule has 8 rings (SSSR count). The Bertz CT molecular complexity index is 1540. The molecule has 3 aromatic rings. The van der Waals surface area contributed by atoms with Crippen LogP contribution in [0.5, 0.6) is 0 Å². The second-order valence-electron chi connectivity index (χ2n) is 13.0. The molecule has 1 aromatic carbocycles. The van der Waals surface area contributed by atoms with E-state index in [-0.39, 0.29) is 29.1 Å². The molecule has 5 heterocycles. The summed E-state index contributed by atoms with van der Waals surface area (Å²) >= 11 is 8.38. The van der Waals surface area contributed by atoms with E-state index in [1.165, 1.54) is 47.4 Å². The molecular weight excluding hydrogens is 528 g/mol. The van der Waals surface area contributed by atoms with Crippen LogP contribution in [0, 0.1) is 17.3 Å². The molecule has 4 fully saturated rings. The van der Waals surface area contributed by atoms with Gasteiger partial charge in [-0.15, -0.1) is 11.3 Å². The molecule has 5 aliphatic rings. The van der Waals surface area contributed by atoms with Crippen molar-refractivity contribution in [1.29, 1.82) is 0 Å². The molecule has 39 heavy (non-hydrogen) atoms. The van der Waals surface area contributed by atoms with Crippen LogP contribution in [0.4, 0.5) is 5.69 Å². The molecule has 0 bridgehead atoms. The van der Waals surface area contributed by atoms with Crippen LogP contribution in [0.15, 0.2) is 30.5 Å². The van der Waals surface area contributed by atoms with Crippen molar-refractivity contribution in [3.8, 4) is 11.1 Å². The highest BCUT2D eigenvalue weighted by Gasteiger charge is 2.72. The predicted octanol–water partition coefficient (Wildman–Crippen LogP) is 5.79. The molecule has 2 aromatic heterocycles. The maximum atomic E-state index is 13.0. The van der Waals surface area contributed by atoms with Crippen molar-refractivity contribution < 1.29 is 9.59 Å². The van der Waals surface area contributed by atoms with Crippen LogP contribution in [-0.2, 0) is 22.6 Å². The standard InChI is InChI=1S/C31H33ClN4O2S/c1-30(2)24-25(30)29(38)36(28(24)37)16-20-13-23-27(39-20)21(6-9-33-23)22-12-18(32)11-17-5-3-10-35(26(17)22)19-14-31(34-15-19)7-4-8-31/h6,9,11-13,19,24-25,34H,3-5,7-8,10,14-16H2,1-2H3/t19-,24?,25?/m0/s1. The second kappa shape index (κ2) is 8.27. The van der Waals surface area contributed by atoms with Gasteiger partial charge in [0.25, 0.3) is 0 Å². The third kappa shape index (κ3) is 3.52. The van der Waals surface area contributed by atoms with Crippen LogP contribution in [0.3, 0.4) is 0 Å². The predicted molar refractivity (Wildman–Crippen MR) is 155 cm³/mol. The van der Waals surface area contributed by atoms with E-state index in [0.717, 1.165) is 51.6 Å². The van der Waals surface area contributed by atoms with Crippen molar-refractivity contribution in [2.75, 3.05) is 18.0 Å². The summed E-state index contributed by atoms with van der Waals surface area (Å²) in [7, 11) is 0. The van der Waals surface area contributed by atoms with Crippen LogP contribution in [0.25, 0.3) is 21.3 Å². The molecule has 2 unspecified atom stereocenters. The summed E-state index contributed by atoms with van der Waals surface area (Å²) in [4.78, 5) is 35.8. The van der Waals surface area contributed by atoms with Crippen molar-refractivity contribution >= 4 is 50.7 Å². The summed E-state index contributed by atoms with van der Waals surface area (Å²) < 4.78 is 1.09. The quantitative estimate of drug-likeness (QED) is 0.409. The molecule has 2 aliphatic carbocycles. The first kappa shape index (κ1) is 24.3. The highest BCUT2D eigenvalue weighted by atomic mass is 35.5. The smallest absolute Gasteiger partial charge is 0.234 e. The number of hydrogen-bond donors (Lipinski definition) is 1. The van der Waals surface area contributed by atoms with E-state index >= 15 is 0 Å². The van der Waals surface area contributed by atoms with Crippen molar-refractivity contribution in [2.24, 2.45) is 17.3 Å². The number of hydrogen-bond acceptors (Lipinski definition) is 6. The van der Waals surface area contributed by atoms with Gasteiger partial charge < -0.3 is 10.2 Å². The number of nitrogens with one attached hydrogen (secondary N) is 1. The molecule has 6 nitrogen and oxygen atoms in total. The second-order valence-corrected chi connectivity index (χ2v) is 14.5. The third-order valence-corrected chi connectivity index (χ3v) is 11.7. The number of carbonyl (C=O) groups is 2. The normalized spacial score (nSPS) is 28.2. The third-order valence-electron chi connectivity index (χ3n) is 10.3. The zero-order valence-electron chi connectivity index (χ0n) is 22.4. The number of rotatable bonds is 4. The zero-order valence-corrected chi connectivity index (χ0v) is 24.0. The van der Waals surface area contributed by atoms with Gasteiger partial charge in [-0.2, -0.15) is 0 Å². The van der Waals surface area contributed by atoms with Gasteiger partial charge in [-0.25, -0.2) is 0 Å². The van der Waals surface area contributed by atoms with Gasteiger partial charge in [0.1, 0.15) is 0 Å². The maximum absolute atomic E-state index is 13.0. The Labute approximate surface area is 237 Å². The van der Waals surface area contributed by atoms with E-state index in [9.17, 15) is 9.59 Å². The number of aryl methyl sites for hydroxylation is 1. The Morgan fingerprint density at radius 1 is 1.10 bits per heavy atom. The molecule has 202 valence electrons. The lowest BCUT2D eigenvalue weighted by molar-refractivity contribution is -0.143. The summed E-state index contributed by atoms with van der Waals surface area (Å²) in [5.74, 6) is -0.341. The number of likely N-dealkylation sites (tertiary alicyclic amines) is 1. The number of benzene rings is 1. The Morgan fingerprint density at radius 2 is 1.90 bits per heavy atom. The Balaban J connectivity index is 1.17. The number of halogens is 1. The van der Waals surface area contributed by atoms with E-state index in [1.54, 1.807) is 11.3 Å². The Kier molecular flexibility index (Phi) is 5.16. The summed E-state index contributed by atoms with van der Waals surface area (Å²) in [5.41, 5.74) is 6.02. The van der Waals surface area contributed by atoms with E-state index in [1.807, 2.05) is 20.0 Å². The molecule has 3 aliphatic heterocycles. The minimum Gasteiger partial charge on any atom is -0.366 e. The molecular formula is C31H33ClN4O2S. The fraction of sp³-hybridized carbons (Fsp3) is 0.516. The summed E-state index contributed by atoms with van der Waals surface area (Å²) in [6.07, 6.45) is 9.18. The number of imide groups is 1. The molecule has 2 saturated heterocycles. The molecule has 2 amide bonds. The van der Waals surface area contributed by atoms with E-state index in [4.69, 9.17) is 11.6 Å². The maximum Gasteiger partial charge on any atom is 0.234 e. The molecule has 0 radical (unpaired) electrons. The highest BCUT2D eigenvalue weighted by Crippen LogP contribution is 2.63. The average molecular weight is 561 g/mol. The van der Waals surface area contributed by atoms with Gasteiger partial charge in [-0.05, 0) is 73.8 Å². The van der Waals surface area contributed by atoms with Crippen molar-refractivity contribution in [3.63, 3.8) is 0 Å². The van der Waals surface area contributed by atoms with Crippen LogP contribution in [0.2, 0.25) is 5.02 Å². The fourth-order valence-corrected chi connectivity index (χ4v) is 9.41. The Morgan fingerprint density at radius 3 is 2.62 bits per heavy atom. The number of anilines is 1. The van der Waals surface area contributed by atoms with Gasteiger partial charge in [-0.3, -0.25) is 19.5 Å². The molecule has 8 heteroatoms. The van der Waals surface area contributed by atoms with Crippen LogP contribution in [-0.4, -0.2) is 46.4 Å². The van der Waals surface area contributed by atoms with E-state index in [2.05, 4.69) is 39.5 Å². The number of thiophene rings is 1. The van der Waals surface area contributed by atoms with E-state index in [0.29, 0.717) is 18.1 Å². The number of amides is 2. The van der Waals surface area contributed by atoms with Gasteiger partial charge in [-0.1, -0.05) is 25.4 Å². The topological polar surface area (TPSA) is 65.5 Å². The lowest BCUT2D eigenvalue weighted by Gasteiger charge is -2.41. The first-order valence-corrected chi connectivity index (χ1v) is 15.5. The first-order valence-electron chi connectivity index (χ1n) is 14.3. The molecule has 2 saturated carbocycles. The van der Waals surface area contributed by atoms with Gasteiger partial charge in [0.2, 0.25) is 11.8 Å². The molecule has 3 atom stereocenters. The Hall–Kier alpha value is -2.48. The summed E-state index contributed by atoms with van der Waals surface area (Å²) in [6, 6.07) is 8.92. The monoisotopic (exact) mass is 560 g/mol. The lowest BCUT2D eigenvalue weighted by atomic mass is 9.75. The van der Waals surface area contributed by atoms with Crippen molar-refractivity contribution in [3.05, 3.63) is 45.9 Å². The van der Waals surface area contributed by atoms with Crippen LogP contribution < -0.4 is 10.2 Å². The van der Waals surface area contributed by atoms with Gasteiger partial charge in [0, 0.05) is 57.6 Å². The van der Waals surface area contributed by atoms with E-state index < -0.39 is 0 Å². The number of pyridine rings is 1. The number of piperidine rings is 1. The number of nitrogens with zero attached hydrogens (tertiary/aromatic N) is 3. The minimum atomic E-state index is -0.190. The number of aromatic nitrogens is 1. The van der Waals surface area contributed by atoms with Crippen molar-refractivity contribution in [1.82, 2.24) is 15.2 Å². The van der Waals surface area contributed by atoms with Gasteiger partial charge in [0.05, 0.1) is 28.6 Å². The summed E-state index contributed by atoms with van der Waals surface area (Å²) in [5, 5.41) is 4.63. The number of fused-ring (bicyclic) bond motifs is 3. The van der Waals surface area contributed by atoms with Crippen LogP contribution >= 0.6 is 22.9 Å². The number of carbonyl (C=O) groups excluding carboxylic acids is 2. The fourth-order valence-electron chi connectivity index (χ4n) is 8.04. The zero-order chi connectivity index (χ0) is 26.7. The molecule has 1 N–H and O–H groups in total. The first-order chi connectivity index (χ1) is 18.8. The van der Waals surface area contributed by atoms with Crippen LogP contribution in [0.1, 0.15) is 56.4 Å². The SMILES string of the molecule is CC1(C)C2C(=O)N(Cc3cc4nccc(-c5cc(Cl)cc6c5N([C@@H]5CNC7(CCC7)C5)CCC6)c4s3)C(=O)C21. The van der Waals surface area contributed by atoms with Crippen molar-refractivity contribution in [2.45, 2.75) is 70.5 Å². The van der Waals surface area contributed by atoms with Gasteiger partial charge >= 0.3 is 0 Å². The minimum absolute atomic E-state index is 0.0189. The highest BCUT2D eigenvalue weighted by molar-refractivity contribution is 7.19. The largest absolute Gasteiger partial charge is 0.366 e.